The molecule has 1 aliphatic heterocycles. The monoisotopic (exact) mass is 277 g/mol. The Balaban J connectivity index is 2.16. The van der Waals surface area contributed by atoms with Crippen molar-refractivity contribution in [1.29, 1.82) is 0 Å². The predicted molar refractivity (Wildman–Crippen MR) is 81.5 cm³/mol. The van der Waals surface area contributed by atoms with Crippen molar-refractivity contribution < 1.29 is 9.94 Å². The Morgan fingerprint density at radius 2 is 1.55 bits per heavy atom. The van der Waals surface area contributed by atoms with Gasteiger partial charge in [-0.3, -0.25) is 4.84 Å². The molecule has 0 spiro atoms. The predicted octanol–water partition coefficient (Wildman–Crippen LogP) is 4.43. The van der Waals surface area contributed by atoms with E-state index in [2.05, 4.69) is 39.7 Å². The van der Waals surface area contributed by atoms with E-state index in [1.54, 1.807) is 12.1 Å². The first-order valence-electron chi connectivity index (χ1n) is 7.48. The molecule has 3 nitrogen and oxygen atoms in total. The van der Waals surface area contributed by atoms with E-state index < -0.39 is 0 Å². The lowest BCUT2D eigenvalue weighted by Gasteiger charge is -2.52. The summed E-state index contributed by atoms with van der Waals surface area (Å²) in [7, 11) is 0. The van der Waals surface area contributed by atoms with Gasteiger partial charge in [-0.1, -0.05) is 12.1 Å². The van der Waals surface area contributed by atoms with Gasteiger partial charge >= 0.3 is 0 Å². The summed E-state index contributed by atoms with van der Waals surface area (Å²) >= 11 is 0. The van der Waals surface area contributed by atoms with Gasteiger partial charge in [0.1, 0.15) is 11.9 Å². The lowest BCUT2D eigenvalue weighted by molar-refractivity contribution is -0.304. The van der Waals surface area contributed by atoms with Crippen LogP contribution in [0, 0.1) is 0 Å². The fraction of sp³-hybridized carbons (Fsp3) is 0.647. The van der Waals surface area contributed by atoms with Crippen molar-refractivity contribution in [2.75, 3.05) is 0 Å². The van der Waals surface area contributed by atoms with Crippen LogP contribution in [0.25, 0.3) is 0 Å². The Morgan fingerprint density at radius 1 is 1.05 bits per heavy atom. The van der Waals surface area contributed by atoms with Gasteiger partial charge < -0.3 is 5.11 Å². The fourth-order valence-corrected chi connectivity index (χ4v) is 3.23. The molecular weight excluding hydrogens is 250 g/mol. The number of rotatable bonds is 3. The number of benzene rings is 1. The summed E-state index contributed by atoms with van der Waals surface area (Å²) in [5.41, 5.74) is 1.18. The van der Waals surface area contributed by atoms with E-state index in [0.717, 1.165) is 18.4 Å². The lowest BCUT2D eigenvalue weighted by atomic mass is 9.82. The van der Waals surface area contributed by atoms with Crippen molar-refractivity contribution in [1.82, 2.24) is 5.06 Å². The SMILES string of the molecule is CC(ON1C(C)(C)CCCC1(C)C)c1ccc(O)cc1. The van der Waals surface area contributed by atoms with E-state index in [0.29, 0.717) is 5.75 Å². The molecule has 0 radical (unpaired) electrons. The maximum atomic E-state index is 9.37. The Hall–Kier alpha value is -1.06. The van der Waals surface area contributed by atoms with Crippen molar-refractivity contribution in [2.24, 2.45) is 0 Å². The summed E-state index contributed by atoms with van der Waals surface area (Å²) in [5, 5.41) is 11.6. The highest BCUT2D eigenvalue weighted by atomic mass is 16.7. The number of phenols is 1. The first kappa shape index (κ1) is 15.3. The minimum Gasteiger partial charge on any atom is -0.508 e. The number of hydroxylamine groups is 2. The van der Waals surface area contributed by atoms with E-state index in [1.165, 1.54) is 6.42 Å². The molecule has 20 heavy (non-hydrogen) atoms. The molecule has 1 aromatic rings. The zero-order valence-electron chi connectivity index (χ0n) is 13.3. The highest BCUT2D eigenvalue weighted by Crippen LogP contribution is 2.40. The van der Waals surface area contributed by atoms with Crippen LogP contribution in [0.3, 0.4) is 0 Å². The van der Waals surface area contributed by atoms with Gasteiger partial charge in [-0.05, 0) is 71.6 Å². The van der Waals surface area contributed by atoms with Crippen LogP contribution in [0.4, 0.5) is 0 Å². The molecule has 0 bridgehead atoms. The molecule has 1 aliphatic rings. The molecule has 0 aliphatic carbocycles. The minimum absolute atomic E-state index is 0.0211. The van der Waals surface area contributed by atoms with Crippen LogP contribution in [-0.2, 0) is 4.84 Å². The number of aromatic hydroxyl groups is 1. The molecule has 1 unspecified atom stereocenters. The van der Waals surface area contributed by atoms with Crippen LogP contribution < -0.4 is 0 Å². The summed E-state index contributed by atoms with van der Waals surface area (Å²) in [6.07, 6.45) is 3.53. The molecule has 1 fully saturated rings. The Morgan fingerprint density at radius 3 is 2.05 bits per heavy atom. The number of phenolic OH excluding ortho intramolecular Hbond substituents is 1. The third-order valence-corrected chi connectivity index (χ3v) is 4.30. The highest BCUT2D eigenvalue weighted by Gasteiger charge is 2.43. The maximum absolute atomic E-state index is 9.37. The summed E-state index contributed by atoms with van der Waals surface area (Å²) in [5.74, 6) is 0.291. The average Bonchev–Trinajstić information content (AvgIpc) is 2.34. The first-order valence-corrected chi connectivity index (χ1v) is 7.48. The zero-order chi connectivity index (χ0) is 15.0. The van der Waals surface area contributed by atoms with E-state index in [4.69, 9.17) is 4.84 Å². The number of hydrogen-bond donors (Lipinski definition) is 1. The van der Waals surface area contributed by atoms with Crippen LogP contribution in [0.15, 0.2) is 24.3 Å². The van der Waals surface area contributed by atoms with E-state index in [-0.39, 0.29) is 17.2 Å². The second kappa shape index (κ2) is 5.38. The number of nitrogens with zero attached hydrogens (tertiary/aromatic N) is 1. The first-order chi connectivity index (χ1) is 9.22. The van der Waals surface area contributed by atoms with Crippen molar-refractivity contribution >= 4 is 0 Å². The van der Waals surface area contributed by atoms with Crippen LogP contribution >= 0.6 is 0 Å². The fourth-order valence-electron chi connectivity index (χ4n) is 3.23. The summed E-state index contributed by atoms with van der Waals surface area (Å²) in [6.45, 7) is 11.1. The van der Waals surface area contributed by atoms with Gasteiger partial charge in [-0.2, -0.15) is 5.06 Å². The topological polar surface area (TPSA) is 32.7 Å². The molecular formula is C17H27NO2. The van der Waals surface area contributed by atoms with Crippen molar-refractivity contribution in [3.8, 4) is 5.75 Å². The molecule has 1 N–H and O–H groups in total. The number of hydrogen-bond acceptors (Lipinski definition) is 3. The second-order valence-electron chi connectivity index (χ2n) is 7.11. The summed E-state index contributed by atoms with van der Waals surface area (Å²) in [6, 6.07) is 7.26. The van der Waals surface area contributed by atoms with E-state index in [1.807, 2.05) is 12.1 Å². The average molecular weight is 277 g/mol. The third-order valence-electron chi connectivity index (χ3n) is 4.30. The van der Waals surface area contributed by atoms with Crippen molar-refractivity contribution in [3.05, 3.63) is 29.8 Å². The lowest BCUT2D eigenvalue weighted by Crippen LogP contribution is -2.58. The Kier molecular flexibility index (Phi) is 4.12. The smallest absolute Gasteiger partial charge is 0.115 e. The van der Waals surface area contributed by atoms with Crippen LogP contribution in [0.5, 0.6) is 5.75 Å². The molecule has 0 aromatic heterocycles. The molecule has 2 rings (SSSR count). The minimum atomic E-state index is -0.0211. The quantitative estimate of drug-likeness (QED) is 0.887. The van der Waals surface area contributed by atoms with E-state index in [9.17, 15) is 5.11 Å². The van der Waals surface area contributed by atoms with Crippen molar-refractivity contribution in [2.45, 2.75) is 71.1 Å². The molecule has 1 saturated heterocycles. The van der Waals surface area contributed by atoms with Gasteiger partial charge in [0, 0.05) is 11.1 Å². The Bertz CT molecular complexity index is 435. The van der Waals surface area contributed by atoms with Crippen molar-refractivity contribution in [3.63, 3.8) is 0 Å². The van der Waals surface area contributed by atoms with Gasteiger partial charge in [-0.15, -0.1) is 0 Å². The van der Waals surface area contributed by atoms with Gasteiger partial charge in [0.15, 0.2) is 0 Å². The van der Waals surface area contributed by atoms with Gasteiger partial charge in [0.05, 0.1) is 0 Å². The third kappa shape index (κ3) is 3.15. The normalized spacial score (nSPS) is 23.4. The van der Waals surface area contributed by atoms with Crippen LogP contribution in [-0.4, -0.2) is 21.2 Å². The van der Waals surface area contributed by atoms with Crippen LogP contribution in [0.2, 0.25) is 0 Å². The molecule has 3 heteroatoms. The molecule has 0 amide bonds. The van der Waals surface area contributed by atoms with Gasteiger partial charge in [0.2, 0.25) is 0 Å². The van der Waals surface area contributed by atoms with Gasteiger partial charge in [0.25, 0.3) is 0 Å². The largest absolute Gasteiger partial charge is 0.508 e. The highest BCUT2D eigenvalue weighted by molar-refractivity contribution is 5.27. The maximum Gasteiger partial charge on any atom is 0.115 e. The molecule has 0 saturated carbocycles. The summed E-state index contributed by atoms with van der Waals surface area (Å²) in [4.78, 5) is 6.30. The summed E-state index contributed by atoms with van der Waals surface area (Å²) < 4.78 is 0. The van der Waals surface area contributed by atoms with Gasteiger partial charge in [-0.25, -0.2) is 0 Å². The number of piperidine rings is 1. The molecule has 112 valence electrons. The molecule has 1 heterocycles. The Labute approximate surface area is 122 Å². The molecule has 1 aromatic carbocycles. The second-order valence-corrected chi connectivity index (χ2v) is 7.11. The zero-order valence-corrected chi connectivity index (χ0v) is 13.3. The van der Waals surface area contributed by atoms with Crippen LogP contribution in [0.1, 0.15) is 65.5 Å². The standard InChI is InChI=1S/C17H27NO2/c1-13(14-7-9-15(19)10-8-14)20-18-16(2,3)11-6-12-17(18,4)5/h7-10,13,19H,6,11-12H2,1-5H3. The molecule has 1 atom stereocenters. The van der Waals surface area contributed by atoms with E-state index >= 15 is 0 Å².